The van der Waals surface area contributed by atoms with Gasteiger partial charge in [-0.25, -0.2) is 0 Å². The number of nitrogens with one attached hydrogen (secondary N) is 1. The summed E-state index contributed by atoms with van der Waals surface area (Å²) in [5, 5.41) is 3.14. The highest BCUT2D eigenvalue weighted by Crippen LogP contribution is 2.09. The van der Waals surface area contributed by atoms with Crippen LogP contribution in [0.5, 0.6) is 0 Å². The zero-order valence-electron chi connectivity index (χ0n) is 10.7. The lowest BCUT2D eigenvalue weighted by Gasteiger charge is -2.06. The summed E-state index contributed by atoms with van der Waals surface area (Å²) in [7, 11) is 0. The van der Waals surface area contributed by atoms with Crippen LogP contribution in [-0.4, -0.2) is 12.3 Å². The maximum atomic E-state index is 11.9. The van der Waals surface area contributed by atoms with E-state index >= 15 is 0 Å². The van der Waals surface area contributed by atoms with Gasteiger partial charge in [-0.1, -0.05) is 47.5 Å². The Morgan fingerprint density at radius 1 is 0.889 bits per heavy atom. The second-order valence-corrected chi connectivity index (χ2v) is 4.51. The van der Waals surface area contributed by atoms with Crippen molar-refractivity contribution >= 4 is 11.5 Å². The van der Waals surface area contributed by atoms with E-state index in [1.54, 1.807) is 0 Å². The predicted octanol–water partition coefficient (Wildman–Crippen LogP) is 3.60. The molecule has 92 valence electrons. The second-order valence-electron chi connectivity index (χ2n) is 4.51. The first kappa shape index (κ1) is 12.4. The molecule has 0 aliphatic rings. The minimum Gasteiger partial charge on any atom is -0.378 e. The van der Waals surface area contributed by atoms with Gasteiger partial charge in [0.05, 0.1) is 6.54 Å². The number of anilines is 1. The number of carbonyl (C=O) groups is 1. The van der Waals surface area contributed by atoms with Gasteiger partial charge < -0.3 is 5.32 Å². The summed E-state index contributed by atoms with van der Waals surface area (Å²) in [5.41, 5.74) is 4.10. The summed E-state index contributed by atoms with van der Waals surface area (Å²) in [6.07, 6.45) is 0. The van der Waals surface area contributed by atoms with Crippen molar-refractivity contribution < 1.29 is 4.79 Å². The molecule has 0 fully saturated rings. The molecule has 0 aliphatic carbocycles. The van der Waals surface area contributed by atoms with Crippen molar-refractivity contribution in [3.63, 3.8) is 0 Å². The monoisotopic (exact) mass is 239 g/mol. The normalized spacial score (nSPS) is 10.1. The lowest BCUT2D eigenvalue weighted by Crippen LogP contribution is -2.13. The van der Waals surface area contributed by atoms with Crippen molar-refractivity contribution in [3.8, 4) is 0 Å². The molecule has 2 nitrogen and oxygen atoms in total. The van der Waals surface area contributed by atoms with Gasteiger partial charge in [0.1, 0.15) is 0 Å². The lowest BCUT2D eigenvalue weighted by atomic mass is 10.1. The molecule has 2 rings (SSSR count). The topological polar surface area (TPSA) is 29.1 Å². The van der Waals surface area contributed by atoms with Gasteiger partial charge in [-0.3, -0.25) is 4.79 Å². The maximum absolute atomic E-state index is 11.9. The summed E-state index contributed by atoms with van der Waals surface area (Å²) in [6, 6.07) is 15.7. The fourth-order valence-corrected chi connectivity index (χ4v) is 1.70. The minimum absolute atomic E-state index is 0.107. The number of hydrogen-bond acceptors (Lipinski definition) is 2. The van der Waals surface area contributed by atoms with Gasteiger partial charge in [-0.2, -0.15) is 0 Å². The van der Waals surface area contributed by atoms with Gasteiger partial charge in [-0.15, -0.1) is 0 Å². The molecule has 0 amide bonds. The fraction of sp³-hybridized carbons (Fsp3) is 0.188. The summed E-state index contributed by atoms with van der Waals surface area (Å²) < 4.78 is 0. The van der Waals surface area contributed by atoms with Crippen LogP contribution < -0.4 is 5.32 Å². The number of carbonyl (C=O) groups excluding carboxylic acids is 1. The van der Waals surface area contributed by atoms with Crippen LogP contribution in [0.1, 0.15) is 21.5 Å². The van der Waals surface area contributed by atoms with Crippen LogP contribution in [-0.2, 0) is 0 Å². The van der Waals surface area contributed by atoms with Gasteiger partial charge in [0.15, 0.2) is 5.78 Å². The van der Waals surface area contributed by atoms with Gasteiger partial charge >= 0.3 is 0 Å². The van der Waals surface area contributed by atoms with E-state index in [2.05, 4.69) is 5.32 Å². The second kappa shape index (κ2) is 5.50. The standard InChI is InChI=1S/C16H17NO/c1-12-3-7-14(8-4-12)16(18)11-17-15-9-5-13(2)6-10-15/h3-10,17H,11H2,1-2H3. The molecular formula is C16H17NO. The summed E-state index contributed by atoms with van der Waals surface area (Å²) in [4.78, 5) is 11.9. The van der Waals surface area contributed by atoms with Crippen LogP contribution >= 0.6 is 0 Å². The minimum atomic E-state index is 0.107. The Kier molecular flexibility index (Phi) is 3.78. The van der Waals surface area contributed by atoms with E-state index in [1.165, 1.54) is 5.56 Å². The molecule has 0 bridgehead atoms. The van der Waals surface area contributed by atoms with Crippen molar-refractivity contribution in [3.05, 3.63) is 65.2 Å². The quantitative estimate of drug-likeness (QED) is 0.826. The van der Waals surface area contributed by atoms with Crippen molar-refractivity contribution in [1.29, 1.82) is 0 Å². The van der Waals surface area contributed by atoms with Crippen LogP contribution in [0.25, 0.3) is 0 Å². The first-order valence-electron chi connectivity index (χ1n) is 6.05. The van der Waals surface area contributed by atoms with Crippen LogP contribution in [0, 0.1) is 13.8 Å². The predicted molar refractivity (Wildman–Crippen MR) is 75.2 cm³/mol. The highest BCUT2D eigenvalue weighted by atomic mass is 16.1. The Morgan fingerprint density at radius 3 is 1.94 bits per heavy atom. The number of aryl methyl sites for hydroxylation is 2. The SMILES string of the molecule is Cc1ccc(NCC(=O)c2ccc(C)cc2)cc1. The average molecular weight is 239 g/mol. The molecule has 2 heteroatoms. The molecule has 0 saturated carbocycles. The van der Waals surface area contributed by atoms with E-state index in [1.807, 2.05) is 62.4 Å². The highest BCUT2D eigenvalue weighted by Gasteiger charge is 2.04. The van der Waals surface area contributed by atoms with Crippen LogP contribution in [0.2, 0.25) is 0 Å². The summed E-state index contributed by atoms with van der Waals surface area (Å²) >= 11 is 0. The Morgan fingerprint density at radius 2 is 1.39 bits per heavy atom. The maximum Gasteiger partial charge on any atom is 0.181 e. The van der Waals surface area contributed by atoms with Crippen LogP contribution in [0.4, 0.5) is 5.69 Å². The van der Waals surface area contributed by atoms with Crippen molar-refractivity contribution in [2.24, 2.45) is 0 Å². The number of benzene rings is 2. The zero-order chi connectivity index (χ0) is 13.0. The molecule has 0 aliphatic heterocycles. The first-order valence-corrected chi connectivity index (χ1v) is 6.05. The third-order valence-electron chi connectivity index (χ3n) is 2.88. The van der Waals surface area contributed by atoms with E-state index in [-0.39, 0.29) is 5.78 Å². The Bertz CT molecular complexity index is 526. The summed E-state index contributed by atoms with van der Waals surface area (Å²) in [6.45, 7) is 4.38. The molecule has 2 aromatic carbocycles. The lowest BCUT2D eigenvalue weighted by molar-refractivity contribution is 0.101. The molecule has 1 N–H and O–H groups in total. The molecule has 2 aromatic rings. The van der Waals surface area contributed by atoms with Gasteiger partial charge in [0, 0.05) is 11.3 Å². The average Bonchev–Trinajstić information content (AvgIpc) is 2.38. The van der Waals surface area contributed by atoms with Crippen LogP contribution in [0.15, 0.2) is 48.5 Å². The van der Waals surface area contributed by atoms with E-state index < -0.39 is 0 Å². The molecule has 0 aromatic heterocycles. The Labute approximate surface area is 108 Å². The van der Waals surface area contributed by atoms with Crippen molar-refractivity contribution in [2.45, 2.75) is 13.8 Å². The number of rotatable bonds is 4. The van der Waals surface area contributed by atoms with E-state index in [0.717, 1.165) is 16.8 Å². The van der Waals surface area contributed by atoms with Crippen LogP contribution in [0.3, 0.4) is 0 Å². The van der Waals surface area contributed by atoms with Gasteiger partial charge in [-0.05, 0) is 26.0 Å². The Balaban J connectivity index is 1.96. The molecule has 0 spiro atoms. The number of ketones is 1. The smallest absolute Gasteiger partial charge is 0.181 e. The number of hydrogen-bond donors (Lipinski definition) is 1. The highest BCUT2D eigenvalue weighted by molar-refractivity contribution is 5.98. The molecular weight excluding hydrogens is 222 g/mol. The fourth-order valence-electron chi connectivity index (χ4n) is 1.70. The molecule has 0 saturated heterocycles. The molecule has 0 unspecified atom stereocenters. The zero-order valence-corrected chi connectivity index (χ0v) is 10.7. The van der Waals surface area contributed by atoms with Gasteiger partial charge in [0.25, 0.3) is 0 Å². The molecule has 0 heterocycles. The third-order valence-corrected chi connectivity index (χ3v) is 2.88. The third kappa shape index (κ3) is 3.20. The van der Waals surface area contributed by atoms with E-state index in [0.29, 0.717) is 6.54 Å². The van der Waals surface area contributed by atoms with E-state index in [9.17, 15) is 4.79 Å². The van der Waals surface area contributed by atoms with E-state index in [4.69, 9.17) is 0 Å². The number of Topliss-reactive ketones (excluding diaryl/α,β-unsaturated/α-hetero) is 1. The van der Waals surface area contributed by atoms with Crippen molar-refractivity contribution in [1.82, 2.24) is 0 Å². The Hall–Kier alpha value is -2.09. The molecule has 18 heavy (non-hydrogen) atoms. The largest absolute Gasteiger partial charge is 0.378 e. The molecule has 0 atom stereocenters. The van der Waals surface area contributed by atoms with Crippen molar-refractivity contribution in [2.75, 3.05) is 11.9 Å². The summed E-state index contributed by atoms with van der Waals surface area (Å²) in [5.74, 6) is 0.107. The van der Waals surface area contributed by atoms with Gasteiger partial charge in [0.2, 0.25) is 0 Å². The molecule has 0 radical (unpaired) electrons. The first-order chi connectivity index (χ1) is 8.65.